The van der Waals surface area contributed by atoms with E-state index in [1.165, 1.54) is 11.9 Å². The standard InChI is InChI=1S/C18H11Cl3N2S/c1-2-18(13-6-14(19)8-15(20)7-13)9-17(23-24-18)11-3-4-12(10-22)16(21)5-11/h2-8H,1,9H2. The van der Waals surface area contributed by atoms with Crippen molar-refractivity contribution in [2.45, 2.75) is 11.2 Å². The number of rotatable bonds is 3. The van der Waals surface area contributed by atoms with Gasteiger partial charge in [0.15, 0.2) is 0 Å². The van der Waals surface area contributed by atoms with Crippen molar-refractivity contribution in [1.82, 2.24) is 0 Å². The van der Waals surface area contributed by atoms with Crippen molar-refractivity contribution in [1.29, 1.82) is 5.26 Å². The Labute approximate surface area is 159 Å². The van der Waals surface area contributed by atoms with E-state index in [9.17, 15) is 0 Å². The third-order valence-electron chi connectivity index (χ3n) is 3.85. The molecule has 0 aromatic heterocycles. The molecule has 3 rings (SSSR count). The zero-order chi connectivity index (χ0) is 17.3. The molecule has 0 radical (unpaired) electrons. The minimum Gasteiger partial charge on any atom is -0.219 e. The number of nitriles is 1. The summed E-state index contributed by atoms with van der Waals surface area (Å²) in [5.41, 5.74) is 3.19. The molecule has 0 amide bonds. The van der Waals surface area contributed by atoms with Crippen LogP contribution in [-0.2, 0) is 4.75 Å². The Kier molecular flexibility index (Phi) is 4.94. The van der Waals surface area contributed by atoms with Crippen LogP contribution in [0.25, 0.3) is 0 Å². The van der Waals surface area contributed by atoms with Crippen LogP contribution in [0.1, 0.15) is 23.1 Å². The van der Waals surface area contributed by atoms with Crippen LogP contribution < -0.4 is 0 Å². The van der Waals surface area contributed by atoms with E-state index in [0.29, 0.717) is 27.1 Å². The van der Waals surface area contributed by atoms with E-state index in [-0.39, 0.29) is 0 Å². The van der Waals surface area contributed by atoms with Gasteiger partial charge in [-0.25, -0.2) is 4.40 Å². The fourth-order valence-corrected chi connectivity index (χ4v) is 4.26. The summed E-state index contributed by atoms with van der Waals surface area (Å²) in [5, 5.41) is 10.6. The molecule has 1 heterocycles. The molecule has 0 aliphatic carbocycles. The van der Waals surface area contributed by atoms with Gasteiger partial charge in [-0.2, -0.15) is 5.26 Å². The van der Waals surface area contributed by atoms with Crippen LogP contribution in [-0.4, -0.2) is 5.71 Å². The zero-order valence-corrected chi connectivity index (χ0v) is 15.5. The molecule has 0 spiro atoms. The van der Waals surface area contributed by atoms with E-state index in [4.69, 9.17) is 40.1 Å². The second kappa shape index (κ2) is 6.82. The van der Waals surface area contributed by atoms with Crippen LogP contribution in [0.15, 0.2) is 53.5 Å². The van der Waals surface area contributed by atoms with Gasteiger partial charge in [-0.3, -0.25) is 0 Å². The number of nitrogens with zero attached hydrogens (tertiary/aromatic N) is 2. The van der Waals surface area contributed by atoms with Gasteiger partial charge in [0.1, 0.15) is 6.07 Å². The Balaban J connectivity index is 1.95. The fraction of sp³-hybridized carbons (Fsp3) is 0.111. The molecule has 24 heavy (non-hydrogen) atoms. The molecule has 0 bridgehead atoms. The van der Waals surface area contributed by atoms with Crippen molar-refractivity contribution in [3.05, 3.63) is 80.8 Å². The number of benzene rings is 2. The molecule has 2 aromatic rings. The lowest BCUT2D eigenvalue weighted by molar-refractivity contribution is 0.832. The summed E-state index contributed by atoms with van der Waals surface area (Å²) >= 11 is 19.8. The lowest BCUT2D eigenvalue weighted by Gasteiger charge is -2.23. The van der Waals surface area contributed by atoms with Gasteiger partial charge in [0, 0.05) is 16.5 Å². The van der Waals surface area contributed by atoms with Crippen LogP contribution in [0, 0.1) is 11.3 Å². The average molecular weight is 394 g/mol. The molecule has 6 heteroatoms. The quantitative estimate of drug-likeness (QED) is 0.444. The molecule has 0 saturated carbocycles. The van der Waals surface area contributed by atoms with Crippen LogP contribution in [0.3, 0.4) is 0 Å². The van der Waals surface area contributed by atoms with Gasteiger partial charge in [-0.15, -0.1) is 6.58 Å². The maximum Gasteiger partial charge on any atom is 0.101 e. The van der Waals surface area contributed by atoms with Crippen molar-refractivity contribution in [3.8, 4) is 6.07 Å². The van der Waals surface area contributed by atoms with Crippen molar-refractivity contribution in [2.75, 3.05) is 0 Å². The Bertz CT molecular complexity index is 881. The van der Waals surface area contributed by atoms with E-state index >= 15 is 0 Å². The van der Waals surface area contributed by atoms with Crippen molar-refractivity contribution in [2.24, 2.45) is 4.40 Å². The number of hydrogen-bond acceptors (Lipinski definition) is 3. The van der Waals surface area contributed by atoms with Gasteiger partial charge in [0.05, 0.1) is 21.0 Å². The smallest absolute Gasteiger partial charge is 0.101 e. The molecule has 0 N–H and O–H groups in total. The lowest BCUT2D eigenvalue weighted by Crippen LogP contribution is -2.18. The summed E-state index contributed by atoms with van der Waals surface area (Å²) in [6, 6.07) is 12.8. The van der Waals surface area contributed by atoms with Crippen LogP contribution in [0.4, 0.5) is 0 Å². The van der Waals surface area contributed by atoms with E-state index in [0.717, 1.165) is 16.8 Å². The van der Waals surface area contributed by atoms with Gasteiger partial charge < -0.3 is 0 Å². The van der Waals surface area contributed by atoms with E-state index in [1.54, 1.807) is 18.2 Å². The maximum absolute atomic E-state index is 8.99. The van der Waals surface area contributed by atoms with E-state index in [1.807, 2.05) is 24.3 Å². The summed E-state index contributed by atoms with van der Waals surface area (Å²) in [7, 11) is 0. The second-order valence-corrected chi connectivity index (χ2v) is 7.74. The highest BCUT2D eigenvalue weighted by Gasteiger charge is 2.37. The molecule has 2 nitrogen and oxygen atoms in total. The van der Waals surface area contributed by atoms with Gasteiger partial charge in [0.25, 0.3) is 0 Å². The maximum atomic E-state index is 8.99. The first-order valence-corrected chi connectivity index (χ1v) is 8.93. The first-order chi connectivity index (χ1) is 11.5. The molecule has 0 saturated heterocycles. The zero-order valence-electron chi connectivity index (χ0n) is 12.4. The van der Waals surface area contributed by atoms with Crippen LogP contribution in [0.2, 0.25) is 15.1 Å². The third kappa shape index (κ3) is 3.20. The predicted molar refractivity (Wildman–Crippen MR) is 103 cm³/mol. The average Bonchev–Trinajstić information content (AvgIpc) is 3.00. The molecule has 1 atom stereocenters. The molecular formula is C18H11Cl3N2S. The molecule has 1 unspecified atom stereocenters. The highest BCUT2D eigenvalue weighted by atomic mass is 35.5. The van der Waals surface area contributed by atoms with Crippen molar-refractivity contribution < 1.29 is 0 Å². The SMILES string of the molecule is C=CC1(c2cc(Cl)cc(Cl)c2)CC(c2ccc(C#N)c(Cl)c2)=NS1. The fourth-order valence-electron chi connectivity index (χ4n) is 2.57. The van der Waals surface area contributed by atoms with Crippen molar-refractivity contribution >= 4 is 52.5 Å². The first-order valence-electron chi connectivity index (χ1n) is 7.02. The minimum absolute atomic E-state index is 0.421. The van der Waals surface area contributed by atoms with Gasteiger partial charge in [-0.1, -0.05) is 46.9 Å². The highest BCUT2D eigenvalue weighted by molar-refractivity contribution is 7.99. The summed E-state index contributed by atoms with van der Waals surface area (Å²) in [6.45, 7) is 3.97. The summed E-state index contributed by atoms with van der Waals surface area (Å²) in [5.74, 6) is 0. The molecule has 2 aromatic carbocycles. The van der Waals surface area contributed by atoms with Crippen molar-refractivity contribution in [3.63, 3.8) is 0 Å². The molecule has 1 aliphatic rings. The summed E-state index contributed by atoms with van der Waals surface area (Å²) < 4.78 is 4.17. The largest absolute Gasteiger partial charge is 0.219 e. The Hall–Kier alpha value is -1.44. The Morgan fingerprint density at radius 1 is 1.17 bits per heavy atom. The van der Waals surface area contributed by atoms with Gasteiger partial charge >= 0.3 is 0 Å². The van der Waals surface area contributed by atoms with Crippen LogP contribution >= 0.6 is 46.8 Å². The van der Waals surface area contributed by atoms with Gasteiger partial charge in [0.2, 0.25) is 0 Å². The van der Waals surface area contributed by atoms with Gasteiger partial charge in [-0.05, 0) is 53.4 Å². The van der Waals surface area contributed by atoms with E-state index in [2.05, 4.69) is 17.0 Å². The topological polar surface area (TPSA) is 36.1 Å². The monoisotopic (exact) mass is 392 g/mol. The molecular weight excluding hydrogens is 383 g/mol. The lowest BCUT2D eigenvalue weighted by atomic mass is 9.90. The Morgan fingerprint density at radius 3 is 2.46 bits per heavy atom. The molecule has 120 valence electrons. The van der Waals surface area contributed by atoms with E-state index < -0.39 is 4.75 Å². The predicted octanol–water partition coefficient (Wildman–Crippen LogP) is 6.44. The number of hydrogen-bond donors (Lipinski definition) is 0. The summed E-state index contributed by atoms with van der Waals surface area (Å²) in [4.78, 5) is 0. The minimum atomic E-state index is -0.426. The first kappa shape index (κ1) is 17.4. The molecule has 1 aliphatic heterocycles. The Morgan fingerprint density at radius 2 is 1.88 bits per heavy atom. The van der Waals surface area contributed by atoms with Crippen LogP contribution in [0.5, 0.6) is 0 Å². The third-order valence-corrected chi connectivity index (χ3v) is 5.79. The number of halogens is 3. The second-order valence-electron chi connectivity index (χ2n) is 5.36. The summed E-state index contributed by atoms with van der Waals surface area (Å²) in [6.07, 6.45) is 2.50. The normalized spacial score (nSPS) is 19.7. The highest BCUT2D eigenvalue weighted by Crippen LogP contribution is 2.48. The molecule has 0 fully saturated rings.